The summed E-state index contributed by atoms with van der Waals surface area (Å²) in [6.45, 7) is 2.63. The highest BCUT2D eigenvalue weighted by Gasteiger charge is 2.29. The predicted molar refractivity (Wildman–Crippen MR) is 155 cm³/mol. The van der Waals surface area contributed by atoms with Crippen molar-refractivity contribution in [2.24, 2.45) is 4.99 Å². The molecule has 1 atom stereocenters. The lowest BCUT2D eigenvalue weighted by molar-refractivity contribution is -0.116. The average molecular weight is 528 g/mol. The van der Waals surface area contributed by atoms with Gasteiger partial charge in [-0.15, -0.1) is 0 Å². The summed E-state index contributed by atoms with van der Waals surface area (Å²) in [5.74, 6) is -0.757. The van der Waals surface area contributed by atoms with Gasteiger partial charge in [-0.2, -0.15) is 0 Å². The molecule has 0 aliphatic heterocycles. The topological polar surface area (TPSA) is 110 Å². The Hall–Kier alpha value is -2.60. The van der Waals surface area contributed by atoms with Gasteiger partial charge < -0.3 is 20.4 Å². The van der Waals surface area contributed by atoms with Gasteiger partial charge in [-0.3, -0.25) is 9.79 Å². The molecular formula is C32H49NO5. The van der Waals surface area contributed by atoms with Gasteiger partial charge in [-0.1, -0.05) is 76.5 Å². The Morgan fingerprint density at radius 2 is 1.53 bits per heavy atom. The zero-order chi connectivity index (χ0) is 27.6. The molecule has 1 aromatic rings. The van der Waals surface area contributed by atoms with Crippen molar-refractivity contribution in [2.45, 2.75) is 122 Å². The lowest BCUT2D eigenvalue weighted by Gasteiger charge is -2.21. The summed E-state index contributed by atoms with van der Waals surface area (Å²) < 4.78 is 0. The van der Waals surface area contributed by atoms with Crippen molar-refractivity contribution < 1.29 is 25.2 Å². The zero-order valence-corrected chi connectivity index (χ0v) is 23.3. The summed E-state index contributed by atoms with van der Waals surface area (Å²) in [7, 11) is 0. The molecule has 0 aromatic heterocycles. The van der Waals surface area contributed by atoms with Crippen LogP contribution in [0.15, 0.2) is 46.7 Å². The molecule has 38 heavy (non-hydrogen) atoms. The normalized spacial score (nSPS) is 16.6. The van der Waals surface area contributed by atoms with Crippen LogP contribution in [0.1, 0.15) is 115 Å². The molecule has 0 fully saturated rings. The number of hydrogen-bond acceptors (Lipinski definition) is 6. The summed E-state index contributed by atoms with van der Waals surface area (Å²) in [6, 6.07) is 4.67. The van der Waals surface area contributed by atoms with Crippen LogP contribution in [-0.4, -0.2) is 44.6 Å². The van der Waals surface area contributed by atoms with E-state index in [2.05, 4.69) is 24.1 Å². The number of rotatable bonds is 19. The van der Waals surface area contributed by atoms with Gasteiger partial charge in [0.05, 0.1) is 5.57 Å². The number of unbranched alkanes of at least 4 members (excludes halogenated alkanes) is 11. The van der Waals surface area contributed by atoms with Crippen molar-refractivity contribution in [1.29, 1.82) is 0 Å². The van der Waals surface area contributed by atoms with E-state index in [0.717, 1.165) is 24.8 Å². The van der Waals surface area contributed by atoms with E-state index in [0.29, 0.717) is 25.1 Å². The van der Waals surface area contributed by atoms with Gasteiger partial charge >= 0.3 is 0 Å². The molecule has 212 valence electrons. The number of aromatic hydroxyl groups is 2. The number of nitrogens with zero attached hydrogens (tertiary/aromatic N) is 1. The van der Waals surface area contributed by atoms with Gasteiger partial charge in [0, 0.05) is 18.7 Å². The van der Waals surface area contributed by atoms with Crippen molar-refractivity contribution in [3.63, 3.8) is 0 Å². The minimum absolute atomic E-state index is 0.163. The number of Topliss-reactive ketones (excluding diaryl/α,β-unsaturated/α-hetero) is 1. The van der Waals surface area contributed by atoms with E-state index in [1.54, 1.807) is 6.07 Å². The number of phenols is 2. The number of carbonyl (C=O) groups is 1. The smallest absolute Gasteiger partial charge is 0.168 e. The molecular weight excluding hydrogens is 478 g/mol. The highest BCUT2D eigenvalue weighted by atomic mass is 16.3. The Kier molecular flexibility index (Phi) is 15.5. The van der Waals surface area contributed by atoms with Gasteiger partial charge in [-0.05, 0) is 69.1 Å². The number of aliphatic imine (C=N–C) groups is 1. The Bertz CT molecular complexity index is 934. The third-order valence-corrected chi connectivity index (χ3v) is 7.20. The fourth-order valence-electron chi connectivity index (χ4n) is 4.84. The largest absolute Gasteiger partial charge is 0.509 e. The standard InChI is InChI=1S/C32H49NO5/c1-2-3-4-5-6-7-8-9-10-11-12-13-14-15-16-17-26(31-28(35)20-21-29(36)32(31)38)33-23-22-25-18-19-27(34)30(37)24-25/h7-8,18-19,24,29,34,36-38H,2-6,9-17,20-23H2,1H3/b8-7-,33-26?/t29-/m0/s1. The van der Waals surface area contributed by atoms with Gasteiger partial charge in [-0.25, -0.2) is 0 Å². The van der Waals surface area contributed by atoms with E-state index >= 15 is 0 Å². The van der Waals surface area contributed by atoms with E-state index < -0.39 is 6.10 Å². The van der Waals surface area contributed by atoms with Gasteiger partial charge in [0.2, 0.25) is 0 Å². The maximum absolute atomic E-state index is 12.6. The Balaban J connectivity index is 1.74. The highest BCUT2D eigenvalue weighted by Crippen LogP contribution is 2.26. The zero-order valence-electron chi connectivity index (χ0n) is 23.3. The minimum atomic E-state index is -1.02. The molecule has 1 aromatic carbocycles. The van der Waals surface area contributed by atoms with E-state index in [9.17, 15) is 25.2 Å². The molecule has 0 spiro atoms. The summed E-state index contributed by atoms with van der Waals surface area (Å²) >= 11 is 0. The van der Waals surface area contributed by atoms with Crippen LogP contribution in [0, 0.1) is 0 Å². The molecule has 0 heterocycles. The molecule has 6 heteroatoms. The summed E-state index contributed by atoms with van der Waals surface area (Å²) in [5.41, 5.74) is 1.57. The molecule has 0 saturated heterocycles. The fourth-order valence-corrected chi connectivity index (χ4v) is 4.84. The van der Waals surface area contributed by atoms with Crippen molar-refractivity contribution in [2.75, 3.05) is 6.54 Å². The monoisotopic (exact) mass is 527 g/mol. The Labute approximate surface area is 229 Å². The first-order valence-corrected chi connectivity index (χ1v) is 14.8. The summed E-state index contributed by atoms with van der Waals surface area (Å²) in [5, 5.41) is 39.8. The highest BCUT2D eigenvalue weighted by molar-refractivity contribution is 6.23. The number of carbonyl (C=O) groups excluding carboxylic acids is 1. The maximum atomic E-state index is 12.6. The van der Waals surface area contributed by atoms with E-state index in [4.69, 9.17) is 0 Å². The van der Waals surface area contributed by atoms with E-state index in [1.807, 2.05) is 0 Å². The average Bonchev–Trinajstić information content (AvgIpc) is 2.90. The molecule has 1 aliphatic rings. The lowest BCUT2D eigenvalue weighted by Crippen LogP contribution is -2.28. The number of aliphatic hydroxyl groups is 2. The van der Waals surface area contributed by atoms with Crippen LogP contribution in [0.3, 0.4) is 0 Å². The number of phenolic OH excluding ortho intramolecular Hbond substituents is 2. The number of hydrogen-bond donors (Lipinski definition) is 4. The van der Waals surface area contributed by atoms with Crippen LogP contribution in [0.5, 0.6) is 11.5 Å². The van der Waals surface area contributed by atoms with Crippen LogP contribution in [0.2, 0.25) is 0 Å². The molecule has 0 radical (unpaired) electrons. The minimum Gasteiger partial charge on any atom is -0.509 e. The Morgan fingerprint density at radius 3 is 2.18 bits per heavy atom. The van der Waals surface area contributed by atoms with Crippen molar-refractivity contribution in [3.8, 4) is 11.5 Å². The number of allylic oxidation sites excluding steroid dienone is 3. The fraction of sp³-hybridized carbons (Fsp3) is 0.625. The van der Waals surface area contributed by atoms with E-state index in [-0.39, 0.29) is 41.5 Å². The predicted octanol–water partition coefficient (Wildman–Crippen LogP) is 7.65. The lowest BCUT2D eigenvalue weighted by atomic mass is 9.89. The van der Waals surface area contributed by atoms with Gasteiger partial charge in [0.1, 0.15) is 11.9 Å². The molecule has 0 saturated carbocycles. The first kappa shape index (κ1) is 31.6. The van der Waals surface area contributed by atoms with Gasteiger partial charge in [0.25, 0.3) is 0 Å². The second kappa shape index (κ2) is 18.6. The molecule has 6 nitrogen and oxygen atoms in total. The van der Waals surface area contributed by atoms with Crippen molar-refractivity contribution in [3.05, 3.63) is 47.2 Å². The number of ketones is 1. The summed E-state index contributed by atoms with van der Waals surface area (Å²) in [4.78, 5) is 17.2. The first-order chi connectivity index (χ1) is 18.4. The quantitative estimate of drug-likeness (QED) is 0.0639. The first-order valence-electron chi connectivity index (χ1n) is 14.8. The van der Waals surface area contributed by atoms with Crippen LogP contribution < -0.4 is 0 Å². The molecule has 0 bridgehead atoms. The second-order valence-corrected chi connectivity index (χ2v) is 10.5. The van der Waals surface area contributed by atoms with Crippen LogP contribution in [0.4, 0.5) is 0 Å². The third-order valence-electron chi connectivity index (χ3n) is 7.20. The van der Waals surface area contributed by atoms with Crippen LogP contribution in [0.25, 0.3) is 0 Å². The molecule has 4 N–H and O–H groups in total. The van der Waals surface area contributed by atoms with Crippen molar-refractivity contribution >= 4 is 11.5 Å². The molecule has 0 amide bonds. The summed E-state index contributed by atoms with van der Waals surface area (Å²) in [6.07, 6.45) is 20.9. The molecule has 1 aliphatic carbocycles. The third kappa shape index (κ3) is 11.8. The molecule has 0 unspecified atom stereocenters. The van der Waals surface area contributed by atoms with E-state index in [1.165, 1.54) is 76.3 Å². The van der Waals surface area contributed by atoms with Crippen LogP contribution >= 0.6 is 0 Å². The van der Waals surface area contributed by atoms with Gasteiger partial charge in [0.15, 0.2) is 17.3 Å². The maximum Gasteiger partial charge on any atom is 0.168 e. The Morgan fingerprint density at radius 1 is 0.895 bits per heavy atom. The second-order valence-electron chi connectivity index (χ2n) is 10.5. The number of benzene rings is 1. The van der Waals surface area contributed by atoms with Crippen molar-refractivity contribution in [1.82, 2.24) is 0 Å². The number of aliphatic hydroxyl groups excluding tert-OH is 2. The SMILES string of the molecule is CCCCCC/C=C\CCCCCCCCCC(=NCCc1ccc(O)c(O)c1)C1=C(O)[C@@H](O)CCC1=O. The molecule has 2 rings (SSSR count). The van der Waals surface area contributed by atoms with Crippen LogP contribution in [-0.2, 0) is 11.2 Å².